The van der Waals surface area contributed by atoms with Crippen molar-refractivity contribution in [1.82, 2.24) is 24.2 Å². The third-order valence-electron chi connectivity index (χ3n) is 3.90. The zero-order valence-corrected chi connectivity index (χ0v) is 14.5. The molecule has 0 aliphatic carbocycles. The Hall–Kier alpha value is -1.07. The number of nitrogens with zero attached hydrogens (tertiary/aromatic N) is 5. The average molecular weight is 312 g/mol. The topological polar surface area (TPSA) is 38.9 Å². The lowest BCUT2D eigenvalue weighted by Gasteiger charge is -2.19. The first-order valence-corrected chi connectivity index (χ1v) is 8.16. The minimum absolute atomic E-state index is 0.385. The average Bonchev–Trinajstić information content (AvgIpc) is 2.94. The lowest BCUT2D eigenvalue weighted by atomic mass is 10.2. The fraction of sp³-hybridized carbons (Fsp3) is 0.733. The van der Waals surface area contributed by atoms with Gasteiger partial charge in [-0.15, -0.1) is 11.6 Å². The van der Waals surface area contributed by atoms with E-state index in [0.29, 0.717) is 11.9 Å². The van der Waals surface area contributed by atoms with Crippen molar-refractivity contribution in [3.05, 3.63) is 11.5 Å². The van der Waals surface area contributed by atoms with Crippen molar-refractivity contribution in [2.45, 2.75) is 39.2 Å². The van der Waals surface area contributed by atoms with Gasteiger partial charge in [0.1, 0.15) is 11.3 Å². The summed E-state index contributed by atoms with van der Waals surface area (Å²) in [5.41, 5.74) is 3.23. The molecule has 0 aliphatic rings. The van der Waals surface area contributed by atoms with E-state index in [1.807, 2.05) is 11.7 Å². The van der Waals surface area contributed by atoms with Gasteiger partial charge in [0.25, 0.3) is 0 Å². The predicted octanol–water partition coefficient (Wildman–Crippen LogP) is 2.63. The molecule has 0 radical (unpaired) electrons. The lowest BCUT2D eigenvalue weighted by Crippen LogP contribution is -2.19. The number of halogens is 1. The summed E-state index contributed by atoms with van der Waals surface area (Å²) in [6, 6.07) is 0.385. The molecule has 0 spiro atoms. The Bertz CT molecular complexity index is 599. The normalized spacial score (nSPS) is 13.5. The van der Waals surface area contributed by atoms with Crippen LogP contribution >= 0.6 is 11.6 Å². The summed E-state index contributed by atoms with van der Waals surface area (Å²) in [5.74, 6) is 1.67. The van der Waals surface area contributed by atoms with Crippen molar-refractivity contribution in [2.75, 3.05) is 26.5 Å². The number of aromatic nitrogens is 4. The second-order valence-corrected chi connectivity index (χ2v) is 6.25. The molecule has 0 amide bonds. The van der Waals surface area contributed by atoms with Gasteiger partial charge in [-0.2, -0.15) is 5.10 Å². The van der Waals surface area contributed by atoms with Gasteiger partial charge in [-0.05, 0) is 40.4 Å². The third-order valence-corrected chi connectivity index (χ3v) is 4.09. The molecule has 1 unspecified atom stereocenters. The van der Waals surface area contributed by atoms with Gasteiger partial charge < -0.3 is 9.47 Å². The van der Waals surface area contributed by atoms with Crippen LogP contribution < -0.4 is 0 Å². The second-order valence-electron chi connectivity index (χ2n) is 5.87. The molecular weight excluding hydrogens is 286 g/mol. The van der Waals surface area contributed by atoms with E-state index in [2.05, 4.69) is 42.5 Å². The molecule has 2 aromatic rings. The lowest BCUT2D eigenvalue weighted by molar-refractivity contribution is 0.356. The van der Waals surface area contributed by atoms with E-state index < -0.39 is 0 Å². The highest BCUT2D eigenvalue weighted by molar-refractivity contribution is 6.17. The Balaban J connectivity index is 2.47. The number of rotatable bonds is 7. The Morgan fingerprint density at radius 3 is 2.62 bits per heavy atom. The van der Waals surface area contributed by atoms with Gasteiger partial charge in [-0.3, -0.25) is 4.68 Å². The largest absolute Gasteiger partial charge is 0.310 e. The van der Waals surface area contributed by atoms with Gasteiger partial charge in [0.15, 0.2) is 5.65 Å². The Morgan fingerprint density at radius 2 is 2.05 bits per heavy atom. The molecule has 5 nitrogen and oxygen atoms in total. The van der Waals surface area contributed by atoms with Crippen LogP contribution in [0.4, 0.5) is 0 Å². The van der Waals surface area contributed by atoms with Crippen LogP contribution in [0.15, 0.2) is 0 Å². The quantitative estimate of drug-likeness (QED) is 0.738. The zero-order valence-electron chi connectivity index (χ0n) is 13.7. The molecule has 0 saturated carbocycles. The monoisotopic (exact) mass is 311 g/mol. The van der Waals surface area contributed by atoms with Gasteiger partial charge >= 0.3 is 0 Å². The molecule has 0 aromatic carbocycles. The summed E-state index contributed by atoms with van der Waals surface area (Å²) in [4.78, 5) is 7.04. The van der Waals surface area contributed by atoms with E-state index in [1.165, 1.54) is 0 Å². The van der Waals surface area contributed by atoms with Gasteiger partial charge in [0, 0.05) is 25.4 Å². The molecule has 0 fully saturated rings. The first-order chi connectivity index (χ1) is 9.99. The fourth-order valence-corrected chi connectivity index (χ4v) is 2.95. The van der Waals surface area contributed by atoms with Gasteiger partial charge in [-0.1, -0.05) is 6.92 Å². The Kier molecular flexibility index (Phi) is 5.27. The molecule has 0 aliphatic heterocycles. The Labute approximate surface area is 131 Å². The molecule has 118 valence electrons. The predicted molar refractivity (Wildman–Crippen MR) is 88.2 cm³/mol. The van der Waals surface area contributed by atoms with Crippen LogP contribution in [-0.4, -0.2) is 50.8 Å². The first kappa shape index (κ1) is 16.3. The van der Waals surface area contributed by atoms with Crippen molar-refractivity contribution >= 4 is 22.8 Å². The molecule has 1 atom stereocenters. The molecule has 0 N–H and O–H groups in total. The van der Waals surface area contributed by atoms with Crippen LogP contribution in [0.5, 0.6) is 0 Å². The van der Waals surface area contributed by atoms with E-state index in [1.54, 1.807) is 0 Å². The molecule has 21 heavy (non-hydrogen) atoms. The molecule has 2 rings (SSSR count). The zero-order chi connectivity index (χ0) is 15.6. The summed E-state index contributed by atoms with van der Waals surface area (Å²) >= 11 is 5.96. The standard InChI is InChI=1S/C15H26ClN5/c1-6-12-14-15(20(5)18-12)21(13(17-14)7-9-16)11(2)8-10-19(3)4/h11H,6-10H2,1-5H3. The van der Waals surface area contributed by atoms with E-state index in [0.717, 1.165) is 48.5 Å². The van der Waals surface area contributed by atoms with Crippen LogP contribution in [0.2, 0.25) is 0 Å². The molecular formula is C15H26ClN5. The number of hydrogen-bond acceptors (Lipinski definition) is 3. The van der Waals surface area contributed by atoms with Crippen molar-refractivity contribution in [1.29, 1.82) is 0 Å². The molecule has 2 aromatic heterocycles. The molecule has 6 heteroatoms. The fourth-order valence-electron chi connectivity index (χ4n) is 2.78. The second kappa shape index (κ2) is 6.79. The highest BCUT2D eigenvalue weighted by Gasteiger charge is 2.21. The summed E-state index contributed by atoms with van der Waals surface area (Å²) in [5, 5.41) is 4.60. The van der Waals surface area contributed by atoms with Crippen LogP contribution in [0.3, 0.4) is 0 Å². The van der Waals surface area contributed by atoms with Gasteiger partial charge in [0.05, 0.1) is 5.69 Å². The van der Waals surface area contributed by atoms with Crippen LogP contribution in [-0.2, 0) is 19.9 Å². The number of hydrogen-bond donors (Lipinski definition) is 0. The highest BCUT2D eigenvalue weighted by atomic mass is 35.5. The van der Waals surface area contributed by atoms with Crippen molar-refractivity contribution in [2.24, 2.45) is 7.05 Å². The molecule has 0 saturated heterocycles. The minimum atomic E-state index is 0.385. The van der Waals surface area contributed by atoms with E-state index in [9.17, 15) is 0 Å². The maximum Gasteiger partial charge on any atom is 0.158 e. The van der Waals surface area contributed by atoms with Crippen molar-refractivity contribution in [3.63, 3.8) is 0 Å². The van der Waals surface area contributed by atoms with Crippen molar-refractivity contribution < 1.29 is 0 Å². The van der Waals surface area contributed by atoms with E-state index >= 15 is 0 Å². The first-order valence-electron chi connectivity index (χ1n) is 7.62. The number of fused-ring (bicyclic) bond motifs is 1. The SMILES string of the molecule is CCc1nn(C)c2c1nc(CCCl)n2C(C)CCN(C)C. The van der Waals surface area contributed by atoms with Crippen molar-refractivity contribution in [3.8, 4) is 0 Å². The molecule has 0 bridgehead atoms. The van der Waals surface area contributed by atoms with E-state index in [-0.39, 0.29) is 0 Å². The van der Waals surface area contributed by atoms with Crippen LogP contribution in [0.25, 0.3) is 11.2 Å². The third kappa shape index (κ3) is 3.24. The van der Waals surface area contributed by atoms with Gasteiger partial charge in [0.2, 0.25) is 0 Å². The van der Waals surface area contributed by atoms with E-state index in [4.69, 9.17) is 16.6 Å². The summed E-state index contributed by atoms with van der Waals surface area (Å²) in [7, 11) is 6.22. The smallest absolute Gasteiger partial charge is 0.158 e. The minimum Gasteiger partial charge on any atom is -0.310 e. The van der Waals surface area contributed by atoms with Crippen LogP contribution in [0, 0.1) is 0 Å². The summed E-state index contributed by atoms with van der Waals surface area (Å²) in [6.45, 7) is 5.43. The maximum atomic E-state index is 5.96. The summed E-state index contributed by atoms with van der Waals surface area (Å²) in [6.07, 6.45) is 2.78. The molecule has 2 heterocycles. The van der Waals surface area contributed by atoms with Crippen LogP contribution in [0.1, 0.15) is 37.8 Å². The summed E-state index contributed by atoms with van der Waals surface area (Å²) < 4.78 is 4.29. The number of aryl methyl sites for hydroxylation is 3. The highest BCUT2D eigenvalue weighted by Crippen LogP contribution is 2.26. The number of alkyl halides is 1. The Morgan fingerprint density at radius 1 is 1.33 bits per heavy atom. The number of imidazole rings is 1. The van der Waals surface area contributed by atoms with Gasteiger partial charge in [-0.25, -0.2) is 4.98 Å². The maximum absolute atomic E-state index is 5.96.